The normalized spacial score (nSPS) is 13.0. The number of aromatic nitrogens is 3. The minimum absolute atomic E-state index is 0.0195. The van der Waals surface area contributed by atoms with Crippen molar-refractivity contribution in [3.63, 3.8) is 0 Å². The van der Waals surface area contributed by atoms with E-state index < -0.39 is 0 Å². The molecule has 0 bridgehead atoms. The summed E-state index contributed by atoms with van der Waals surface area (Å²) in [5.74, 6) is 1.21. The smallest absolute Gasteiger partial charge is 0.152 e. The molecule has 0 aliphatic rings. The summed E-state index contributed by atoms with van der Waals surface area (Å²) in [5.41, 5.74) is 14.8. The Morgan fingerprint density at radius 3 is 2.57 bits per heavy atom. The first-order chi connectivity index (χ1) is 13.7. The summed E-state index contributed by atoms with van der Waals surface area (Å²) in [4.78, 5) is 8.98. The van der Waals surface area contributed by atoms with Crippen LogP contribution in [0.5, 0.6) is 0 Å². The van der Waals surface area contributed by atoms with E-state index in [2.05, 4.69) is 34.4 Å². The van der Waals surface area contributed by atoms with E-state index in [0.717, 1.165) is 40.9 Å². The molecule has 2 aromatic heterocycles. The summed E-state index contributed by atoms with van der Waals surface area (Å²) in [6.07, 6.45) is 7.96. The van der Waals surface area contributed by atoms with Gasteiger partial charge in [-0.25, -0.2) is 9.97 Å². The lowest BCUT2D eigenvalue weighted by Crippen LogP contribution is -2.24. The summed E-state index contributed by atoms with van der Waals surface area (Å²) in [6.45, 7) is 6.34. The maximum atomic E-state index is 6.14. The van der Waals surface area contributed by atoms with Crippen molar-refractivity contribution in [2.24, 2.45) is 11.7 Å². The predicted molar refractivity (Wildman–Crippen MR) is 116 cm³/mol. The Hall–Kier alpha value is -2.18. The highest BCUT2D eigenvalue weighted by molar-refractivity contribution is 6.06. The predicted octanol–water partition coefficient (Wildman–Crippen LogP) is 4.29. The van der Waals surface area contributed by atoms with Gasteiger partial charge in [-0.2, -0.15) is 0 Å². The Balaban J connectivity index is 1.75. The van der Waals surface area contributed by atoms with Crippen LogP contribution >= 0.6 is 0 Å². The molecule has 0 amide bonds. The molecule has 0 radical (unpaired) electrons. The second-order valence-electron chi connectivity index (χ2n) is 7.56. The van der Waals surface area contributed by atoms with Crippen LogP contribution in [0.4, 0.5) is 5.82 Å². The zero-order valence-electron chi connectivity index (χ0n) is 17.1. The highest BCUT2D eigenvalue weighted by atomic mass is 16.5. The number of fused-ring (bicyclic) bond motifs is 3. The SMILES string of the molecule is CCCC(CCC)CCOCC(CN)n1cnc2c(N)nc3ccccc3c21. The van der Waals surface area contributed by atoms with E-state index in [1.54, 1.807) is 0 Å². The number of nitrogen functional groups attached to an aromatic ring is 1. The molecule has 0 fully saturated rings. The molecule has 0 aliphatic carbocycles. The van der Waals surface area contributed by atoms with E-state index >= 15 is 0 Å². The molecule has 2 heterocycles. The first kappa shape index (κ1) is 20.6. The van der Waals surface area contributed by atoms with Crippen LogP contribution < -0.4 is 11.5 Å². The standard InChI is InChI=1S/C22H33N5O/c1-3-7-16(8-4-2)11-12-28-14-17(13-23)27-15-25-20-21(27)18-9-5-6-10-19(18)26-22(20)24/h5-6,9-10,15-17H,3-4,7-8,11-14,23H2,1-2H3,(H2,24,26). The van der Waals surface area contributed by atoms with Gasteiger partial charge in [-0.3, -0.25) is 0 Å². The molecule has 3 rings (SSSR count). The van der Waals surface area contributed by atoms with Gasteiger partial charge in [-0.15, -0.1) is 0 Å². The number of imidazole rings is 1. The van der Waals surface area contributed by atoms with Gasteiger partial charge in [-0.1, -0.05) is 57.7 Å². The van der Waals surface area contributed by atoms with Crippen molar-refractivity contribution in [3.05, 3.63) is 30.6 Å². The number of hydrogen-bond acceptors (Lipinski definition) is 5. The zero-order chi connectivity index (χ0) is 19.9. The molecule has 4 N–H and O–H groups in total. The van der Waals surface area contributed by atoms with Crippen LogP contribution in [0.25, 0.3) is 21.9 Å². The van der Waals surface area contributed by atoms with Crippen molar-refractivity contribution in [1.29, 1.82) is 0 Å². The quantitative estimate of drug-likeness (QED) is 0.482. The number of nitrogens with two attached hydrogens (primary N) is 2. The van der Waals surface area contributed by atoms with Gasteiger partial charge in [0.1, 0.15) is 5.52 Å². The topological polar surface area (TPSA) is 92.0 Å². The van der Waals surface area contributed by atoms with Crippen LogP contribution in [0.2, 0.25) is 0 Å². The van der Waals surface area contributed by atoms with E-state index in [-0.39, 0.29) is 6.04 Å². The summed E-state index contributed by atoms with van der Waals surface area (Å²) in [7, 11) is 0. The van der Waals surface area contributed by atoms with Crippen molar-refractivity contribution >= 4 is 27.8 Å². The molecule has 0 saturated carbocycles. The van der Waals surface area contributed by atoms with Gasteiger partial charge in [0, 0.05) is 18.5 Å². The van der Waals surface area contributed by atoms with Crippen LogP contribution in [0.3, 0.4) is 0 Å². The van der Waals surface area contributed by atoms with Crippen LogP contribution in [-0.4, -0.2) is 34.3 Å². The zero-order valence-corrected chi connectivity index (χ0v) is 17.1. The summed E-state index contributed by atoms with van der Waals surface area (Å²) in [6, 6.07) is 8.01. The van der Waals surface area contributed by atoms with Gasteiger partial charge in [-0.05, 0) is 18.4 Å². The Bertz CT molecular complexity index is 885. The Kier molecular flexibility index (Phi) is 7.23. The van der Waals surface area contributed by atoms with Crippen molar-refractivity contribution in [1.82, 2.24) is 14.5 Å². The minimum atomic E-state index is 0.0195. The Labute approximate surface area is 167 Å². The third-order valence-corrected chi connectivity index (χ3v) is 5.48. The summed E-state index contributed by atoms with van der Waals surface area (Å²) in [5, 5.41) is 1.04. The van der Waals surface area contributed by atoms with Crippen molar-refractivity contribution in [2.45, 2.75) is 52.0 Å². The minimum Gasteiger partial charge on any atom is -0.382 e. The highest BCUT2D eigenvalue weighted by Gasteiger charge is 2.18. The fourth-order valence-corrected chi connectivity index (χ4v) is 4.03. The van der Waals surface area contributed by atoms with E-state index in [0.29, 0.717) is 19.0 Å². The number of para-hydroxylation sites is 1. The van der Waals surface area contributed by atoms with Gasteiger partial charge in [0.15, 0.2) is 5.82 Å². The molecule has 28 heavy (non-hydrogen) atoms. The maximum absolute atomic E-state index is 6.14. The number of nitrogens with zero attached hydrogens (tertiary/aromatic N) is 3. The first-order valence-corrected chi connectivity index (χ1v) is 10.5. The van der Waals surface area contributed by atoms with Crippen molar-refractivity contribution < 1.29 is 4.74 Å². The number of ether oxygens (including phenoxy) is 1. The first-order valence-electron chi connectivity index (χ1n) is 10.5. The molecule has 1 aromatic carbocycles. The number of rotatable bonds is 11. The van der Waals surface area contributed by atoms with Gasteiger partial charge >= 0.3 is 0 Å². The molecule has 6 heteroatoms. The van der Waals surface area contributed by atoms with E-state index in [9.17, 15) is 0 Å². The average molecular weight is 384 g/mol. The number of anilines is 1. The van der Waals surface area contributed by atoms with Crippen LogP contribution in [0.15, 0.2) is 30.6 Å². The molecule has 6 nitrogen and oxygen atoms in total. The Morgan fingerprint density at radius 2 is 1.86 bits per heavy atom. The van der Waals surface area contributed by atoms with Crippen LogP contribution in [0.1, 0.15) is 52.0 Å². The summed E-state index contributed by atoms with van der Waals surface area (Å²) >= 11 is 0. The molecule has 3 aromatic rings. The maximum Gasteiger partial charge on any atom is 0.152 e. The highest BCUT2D eigenvalue weighted by Crippen LogP contribution is 2.29. The van der Waals surface area contributed by atoms with E-state index in [4.69, 9.17) is 16.2 Å². The van der Waals surface area contributed by atoms with Gasteiger partial charge in [0.05, 0.1) is 30.0 Å². The lowest BCUT2D eigenvalue weighted by atomic mass is 9.95. The largest absolute Gasteiger partial charge is 0.382 e. The Morgan fingerprint density at radius 1 is 1.11 bits per heavy atom. The van der Waals surface area contributed by atoms with Crippen LogP contribution in [-0.2, 0) is 4.74 Å². The van der Waals surface area contributed by atoms with Crippen LogP contribution in [0, 0.1) is 5.92 Å². The van der Waals surface area contributed by atoms with Gasteiger partial charge < -0.3 is 20.8 Å². The molecule has 0 aliphatic heterocycles. The molecular formula is C22H33N5O. The number of pyridine rings is 1. The molecule has 0 spiro atoms. The third kappa shape index (κ3) is 4.45. The molecule has 0 saturated heterocycles. The molecule has 1 atom stereocenters. The second kappa shape index (κ2) is 9.85. The van der Waals surface area contributed by atoms with Gasteiger partial charge in [0.2, 0.25) is 0 Å². The lowest BCUT2D eigenvalue weighted by Gasteiger charge is -2.20. The van der Waals surface area contributed by atoms with E-state index in [1.165, 1.54) is 25.7 Å². The third-order valence-electron chi connectivity index (χ3n) is 5.48. The fraction of sp³-hybridized carbons (Fsp3) is 0.545. The van der Waals surface area contributed by atoms with E-state index in [1.807, 2.05) is 24.5 Å². The van der Waals surface area contributed by atoms with Gasteiger partial charge in [0.25, 0.3) is 0 Å². The second-order valence-corrected chi connectivity index (χ2v) is 7.56. The van der Waals surface area contributed by atoms with Crippen molar-refractivity contribution in [3.8, 4) is 0 Å². The molecule has 152 valence electrons. The number of hydrogen-bond donors (Lipinski definition) is 2. The van der Waals surface area contributed by atoms with Crippen molar-refractivity contribution in [2.75, 3.05) is 25.5 Å². The lowest BCUT2D eigenvalue weighted by molar-refractivity contribution is 0.0920. The fourth-order valence-electron chi connectivity index (χ4n) is 4.03. The molecular weight excluding hydrogens is 350 g/mol. The average Bonchev–Trinajstić information content (AvgIpc) is 3.14. The summed E-state index contributed by atoms with van der Waals surface area (Å²) < 4.78 is 8.15. The number of benzene rings is 1. The monoisotopic (exact) mass is 383 g/mol. The molecule has 1 unspecified atom stereocenters.